The number of aliphatic hydroxyl groups is 4. The number of oxime groups is 1. The van der Waals surface area contributed by atoms with Crippen molar-refractivity contribution in [2.24, 2.45) is 22.9 Å². The SMILES string of the molecule is CCON=C1C[C@H](N(C)C(=O)NCCOCCO)[C@@]2(O)Oc3ccc(O)cc3[C@H]3[C@H](CCCCO)[C@@H](CCCCO)C=C1[C@H]32. The fraction of sp³-hybridized carbons (Fsp3) is 0.688. The lowest BCUT2D eigenvalue weighted by atomic mass is 9.55. The van der Waals surface area contributed by atoms with Gasteiger partial charge in [-0.05, 0) is 68.2 Å². The van der Waals surface area contributed by atoms with Gasteiger partial charge >= 0.3 is 6.03 Å². The topological polar surface area (TPSA) is 174 Å². The van der Waals surface area contributed by atoms with Crippen molar-refractivity contribution in [3.8, 4) is 11.5 Å². The number of fused-ring (bicyclic) bond motifs is 2. The summed E-state index contributed by atoms with van der Waals surface area (Å²) in [7, 11) is 1.61. The first-order chi connectivity index (χ1) is 21.3. The molecule has 6 atom stereocenters. The number of unbranched alkanes of at least 4 members (excludes halogenated alkanes) is 2. The van der Waals surface area contributed by atoms with Gasteiger partial charge in [-0.1, -0.05) is 24.1 Å². The fourth-order valence-electron chi connectivity index (χ4n) is 7.17. The highest BCUT2D eigenvalue weighted by Crippen LogP contribution is 2.60. The average molecular weight is 620 g/mol. The summed E-state index contributed by atoms with van der Waals surface area (Å²) in [5.74, 6) is -2.07. The van der Waals surface area contributed by atoms with Crippen molar-refractivity contribution in [1.29, 1.82) is 0 Å². The van der Waals surface area contributed by atoms with Crippen LogP contribution in [-0.2, 0) is 9.57 Å². The molecule has 1 heterocycles. The van der Waals surface area contributed by atoms with Crippen LogP contribution in [0.4, 0.5) is 4.79 Å². The van der Waals surface area contributed by atoms with E-state index in [0.717, 1.165) is 36.8 Å². The molecular weight excluding hydrogens is 570 g/mol. The maximum atomic E-state index is 13.4. The number of hydrogen-bond donors (Lipinski definition) is 6. The number of nitrogens with zero attached hydrogens (tertiary/aromatic N) is 2. The Hall–Kier alpha value is -2.90. The van der Waals surface area contributed by atoms with E-state index in [1.165, 1.54) is 11.0 Å². The summed E-state index contributed by atoms with van der Waals surface area (Å²) in [6, 6.07) is 3.65. The highest BCUT2D eigenvalue weighted by molar-refractivity contribution is 6.02. The lowest BCUT2D eigenvalue weighted by Gasteiger charge is -2.58. The molecule has 2 amide bonds. The Kier molecular flexibility index (Phi) is 12.3. The van der Waals surface area contributed by atoms with Gasteiger partial charge in [0.05, 0.1) is 31.5 Å². The number of rotatable bonds is 16. The molecule has 1 aromatic carbocycles. The van der Waals surface area contributed by atoms with Gasteiger partial charge in [-0.3, -0.25) is 0 Å². The van der Waals surface area contributed by atoms with Gasteiger partial charge in [0.2, 0.25) is 5.79 Å². The van der Waals surface area contributed by atoms with Crippen LogP contribution < -0.4 is 10.1 Å². The fourth-order valence-corrected chi connectivity index (χ4v) is 7.17. The van der Waals surface area contributed by atoms with Crippen molar-refractivity contribution in [2.75, 3.05) is 53.2 Å². The standard InChI is InChI=1S/C32H49N3O9/c1-3-43-34-26-20-28(35(2)31(40)33-12-16-42-17-15-38)32(41)30-24(26)18-21(8-4-6-13-36)23(9-5-7-14-37)29(30)25-19-22(39)10-11-27(25)44-32/h10-11,18-19,21,23,28-30,36-39,41H,3-9,12-17,20H2,1-2H3,(H,33,40)/t21-,23+,28-,29+,30+,32+/m0/s1. The lowest BCUT2D eigenvalue weighted by molar-refractivity contribution is -0.226. The van der Waals surface area contributed by atoms with Crippen molar-refractivity contribution in [3.05, 3.63) is 35.4 Å². The summed E-state index contributed by atoms with van der Waals surface area (Å²) < 4.78 is 11.7. The Morgan fingerprint density at radius 2 is 1.86 bits per heavy atom. The Bertz CT molecular complexity index is 1160. The number of phenolic OH excluding ortho intramolecular Hbond substituents is 1. The molecule has 3 aliphatic rings. The number of likely N-dealkylation sites (N-methyl/N-ethyl adjacent to an activating group) is 1. The molecule has 1 saturated carbocycles. The summed E-state index contributed by atoms with van der Waals surface area (Å²) >= 11 is 0. The van der Waals surface area contributed by atoms with Crippen LogP contribution in [0.1, 0.15) is 63.4 Å². The third-order valence-corrected chi connectivity index (χ3v) is 9.11. The van der Waals surface area contributed by atoms with Gasteiger partial charge in [0, 0.05) is 44.7 Å². The molecule has 12 heteroatoms. The number of phenols is 1. The van der Waals surface area contributed by atoms with Gasteiger partial charge in [0.25, 0.3) is 0 Å². The van der Waals surface area contributed by atoms with E-state index in [0.29, 0.717) is 30.9 Å². The molecule has 6 N–H and O–H groups in total. The molecule has 1 aliphatic heterocycles. The molecule has 44 heavy (non-hydrogen) atoms. The summed E-state index contributed by atoms with van der Waals surface area (Å²) in [4.78, 5) is 20.4. The Labute approximate surface area is 259 Å². The molecule has 246 valence electrons. The maximum absolute atomic E-state index is 13.4. The third-order valence-electron chi connectivity index (χ3n) is 9.11. The highest BCUT2D eigenvalue weighted by atomic mass is 16.6. The summed E-state index contributed by atoms with van der Waals surface area (Å²) in [5.41, 5.74) is 2.24. The minimum atomic E-state index is -1.82. The molecule has 0 aromatic heterocycles. The van der Waals surface area contributed by atoms with Gasteiger partial charge in [-0.2, -0.15) is 0 Å². The van der Waals surface area contributed by atoms with E-state index in [1.807, 2.05) is 6.92 Å². The van der Waals surface area contributed by atoms with E-state index >= 15 is 0 Å². The van der Waals surface area contributed by atoms with Crippen LogP contribution in [0.25, 0.3) is 0 Å². The first-order valence-corrected chi connectivity index (χ1v) is 15.9. The molecule has 0 bridgehead atoms. The molecule has 0 saturated heterocycles. The number of ether oxygens (including phenoxy) is 2. The number of amides is 2. The molecule has 0 radical (unpaired) electrons. The second-order valence-electron chi connectivity index (χ2n) is 11.8. The first-order valence-electron chi connectivity index (χ1n) is 15.9. The summed E-state index contributed by atoms with van der Waals surface area (Å²) in [6.07, 6.45) is 6.86. The van der Waals surface area contributed by atoms with Crippen LogP contribution in [0.3, 0.4) is 0 Å². The summed E-state index contributed by atoms with van der Waals surface area (Å²) in [6.45, 7) is 2.89. The normalized spacial score (nSPS) is 28.0. The molecule has 4 rings (SSSR count). The molecule has 2 aliphatic carbocycles. The summed E-state index contributed by atoms with van der Waals surface area (Å²) in [5, 5.41) is 58.6. The van der Waals surface area contributed by atoms with E-state index in [9.17, 15) is 25.2 Å². The Morgan fingerprint density at radius 3 is 2.57 bits per heavy atom. The van der Waals surface area contributed by atoms with Crippen LogP contribution in [0.2, 0.25) is 0 Å². The van der Waals surface area contributed by atoms with Crippen LogP contribution in [0.15, 0.2) is 35.0 Å². The molecule has 1 aromatic rings. The van der Waals surface area contributed by atoms with Crippen LogP contribution in [0, 0.1) is 17.8 Å². The number of nitrogens with one attached hydrogen (secondary N) is 1. The minimum Gasteiger partial charge on any atom is -0.508 e. The number of carbonyl (C=O) groups excluding carboxylic acids is 1. The zero-order valence-corrected chi connectivity index (χ0v) is 25.9. The predicted molar refractivity (Wildman–Crippen MR) is 163 cm³/mol. The number of aliphatic hydroxyl groups excluding tert-OH is 3. The predicted octanol–water partition coefficient (Wildman–Crippen LogP) is 2.49. The van der Waals surface area contributed by atoms with Gasteiger partial charge < -0.3 is 50.1 Å². The van der Waals surface area contributed by atoms with Gasteiger partial charge in [0.1, 0.15) is 24.1 Å². The molecule has 0 spiro atoms. The van der Waals surface area contributed by atoms with Crippen LogP contribution in [-0.4, -0.2) is 107 Å². The molecule has 12 nitrogen and oxygen atoms in total. The second-order valence-corrected chi connectivity index (χ2v) is 11.8. The second kappa shape index (κ2) is 15.9. The highest BCUT2D eigenvalue weighted by Gasteiger charge is 2.63. The van der Waals surface area contributed by atoms with E-state index in [1.54, 1.807) is 19.2 Å². The van der Waals surface area contributed by atoms with Crippen molar-refractivity contribution in [2.45, 2.75) is 69.6 Å². The van der Waals surface area contributed by atoms with Crippen molar-refractivity contribution in [3.63, 3.8) is 0 Å². The van der Waals surface area contributed by atoms with Crippen molar-refractivity contribution < 1.29 is 44.6 Å². The largest absolute Gasteiger partial charge is 0.508 e. The first kappa shape index (κ1) is 34.0. The van der Waals surface area contributed by atoms with Gasteiger partial charge in [0.15, 0.2) is 0 Å². The number of aromatic hydroxyl groups is 1. The van der Waals surface area contributed by atoms with Gasteiger partial charge in [-0.15, -0.1) is 0 Å². The average Bonchev–Trinajstić information content (AvgIpc) is 3.01. The van der Waals surface area contributed by atoms with E-state index in [-0.39, 0.29) is 69.5 Å². The number of carbonyl (C=O) groups is 1. The van der Waals surface area contributed by atoms with Crippen LogP contribution >= 0.6 is 0 Å². The zero-order valence-electron chi connectivity index (χ0n) is 25.9. The number of urea groups is 1. The number of benzene rings is 1. The number of allylic oxidation sites excluding steroid dienone is 1. The monoisotopic (exact) mass is 619 g/mol. The smallest absolute Gasteiger partial charge is 0.317 e. The van der Waals surface area contributed by atoms with E-state index < -0.39 is 23.8 Å². The van der Waals surface area contributed by atoms with Crippen molar-refractivity contribution in [1.82, 2.24) is 10.2 Å². The van der Waals surface area contributed by atoms with Crippen molar-refractivity contribution >= 4 is 11.7 Å². The minimum absolute atomic E-state index is 0.0277. The molecule has 1 fully saturated rings. The molecule has 0 unspecified atom stereocenters. The third kappa shape index (κ3) is 7.31. The van der Waals surface area contributed by atoms with Gasteiger partial charge in [-0.25, -0.2) is 4.79 Å². The zero-order chi connectivity index (χ0) is 31.7. The quantitative estimate of drug-likeness (QED) is 0.120. The van der Waals surface area contributed by atoms with E-state index in [2.05, 4.69) is 16.5 Å². The number of hydrogen-bond acceptors (Lipinski definition) is 10. The van der Waals surface area contributed by atoms with E-state index in [4.69, 9.17) is 19.4 Å². The maximum Gasteiger partial charge on any atom is 0.317 e. The van der Waals surface area contributed by atoms with Crippen LogP contribution in [0.5, 0.6) is 11.5 Å². The Morgan fingerprint density at radius 1 is 1.11 bits per heavy atom. The molecular formula is C32H49N3O9. The lowest BCUT2D eigenvalue weighted by Crippen LogP contribution is -2.69. The Balaban J connectivity index is 1.80.